The quantitative estimate of drug-likeness (QED) is 0.660. The van der Waals surface area contributed by atoms with Crippen LogP contribution < -0.4 is 20.1 Å². The van der Waals surface area contributed by atoms with Gasteiger partial charge in [-0.15, -0.1) is 11.3 Å². The van der Waals surface area contributed by atoms with E-state index in [1.165, 1.54) is 27.3 Å². The Kier molecular flexibility index (Phi) is 6.81. The van der Waals surface area contributed by atoms with Gasteiger partial charge >= 0.3 is 11.8 Å². The summed E-state index contributed by atoms with van der Waals surface area (Å²) in [5.74, 6) is -0.958. The summed E-state index contributed by atoms with van der Waals surface area (Å²) in [7, 11) is 0.423. The number of sulfone groups is 1. The van der Waals surface area contributed by atoms with Crippen molar-refractivity contribution in [3.05, 3.63) is 41.3 Å². The molecule has 1 atom stereocenters. The summed E-state index contributed by atoms with van der Waals surface area (Å²) >= 11 is 1.08. The first-order valence-corrected chi connectivity index (χ1v) is 10.3. The van der Waals surface area contributed by atoms with Crippen LogP contribution in [0, 0.1) is 0 Å². The number of nitrogens with one attached hydrogen (secondary N) is 2. The zero-order valence-corrected chi connectivity index (χ0v) is 16.6. The van der Waals surface area contributed by atoms with Gasteiger partial charge in [0.2, 0.25) is 0 Å². The van der Waals surface area contributed by atoms with Gasteiger partial charge < -0.3 is 20.1 Å². The molecule has 2 N–H and O–H groups in total. The maximum absolute atomic E-state index is 13.1. The summed E-state index contributed by atoms with van der Waals surface area (Å²) in [6, 6.07) is 7.84. The Bertz CT molecular complexity index is 910. The van der Waals surface area contributed by atoms with Crippen molar-refractivity contribution >= 4 is 33.0 Å². The van der Waals surface area contributed by atoms with E-state index < -0.39 is 26.9 Å². The number of hydrogen-bond donors (Lipinski definition) is 2. The van der Waals surface area contributed by atoms with Gasteiger partial charge in [0, 0.05) is 13.6 Å². The van der Waals surface area contributed by atoms with Gasteiger partial charge in [-0.3, -0.25) is 9.59 Å². The first kappa shape index (κ1) is 20.7. The molecule has 0 radical (unpaired) electrons. The van der Waals surface area contributed by atoms with Crippen molar-refractivity contribution in [2.45, 2.75) is 9.46 Å². The average Bonchev–Trinajstić information content (AvgIpc) is 3.22. The fourth-order valence-corrected chi connectivity index (χ4v) is 5.26. The van der Waals surface area contributed by atoms with Gasteiger partial charge in [0.05, 0.1) is 14.2 Å². The van der Waals surface area contributed by atoms with E-state index in [2.05, 4.69) is 10.6 Å². The third-order valence-electron chi connectivity index (χ3n) is 3.81. The van der Waals surface area contributed by atoms with Gasteiger partial charge in [0.1, 0.15) is 9.46 Å². The number of carbonyl (C=O) groups is 2. The molecule has 0 aliphatic rings. The molecule has 0 saturated carbocycles. The molecule has 10 heteroatoms. The lowest BCUT2D eigenvalue weighted by Crippen LogP contribution is -2.40. The molecule has 8 nitrogen and oxygen atoms in total. The van der Waals surface area contributed by atoms with Crippen LogP contribution in [0.1, 0.15) is 10.8 Å². The monoisotopic (exact) mass is 412 g/mol. The van der Waals surface area contributed by atoms with E-state index in [1.54, 1.807) is 29.6 Å². The van der Waals surface area contributed by atoms with E-state index in [4.69, 9.17) is 9.47 Å². The predicted octanol–water partition coefficient (Wildman–Crippen LogP) is 1.14. The van der Waals surface area contributed by atoms with Gasteiger partial charge in [-0.1, -0.05) is 12.1 Å². The molecule has 27 heavy (non-hydrogen) atoms. The Morgan fingerprint density at radius 2 is 1.81 bits per heavy atom. The number of hydrogen-bond acceptors (Lipinski definition) is 7. The highest BCUT2D eigenvalue weighted by molar-refractivity contribution is 7.93. The molecule has 0 fully saturated rings. The normalized spacial score (nSPS) is 12.1. The van der Waals surface area contributed by atoms with E-state index >= 15 is 0 Å². The van der Waals surface area contributed by atoms with Crippen LogP contribution in [0.25, 0.3) is 0 Å². The third kappa shape index (κ3) is 4.58. The average molecular weight is 412 g/mol. The number of rotatable bonds is 7. The zero-order valence-electron chi connectivity index (χ0n) is 15.0. The summed E-state index contributed by atoms with van der Waals surface area (Å²) < 4.78 is 36.8. The lowest BCUT2D eigenvalue weighted by molar-refractivity contribution is -0.138. The molecule has 1 aromatic carbocycles. The van der Waals surface area contributed by atoms with E-state index in [0.717, 1.165) is 11.3 Å². The second-order valence-electron chi connectivity index (χ2n) is 5.37. The lowest BCUT2D eigenvalue weighted by atomic mass is 10.1. The van der Waals surface area contributed by atoms with Crippen LogP contribution in [-0.2, 0) is 19.4 Å². The number of benzene rings is 1. The van der Waals surface area contributed by atoms with Crippen molar-refractivity contribution in [2.24, 2.45) is 0 Å². The number of ether oxygens (including phenoxy) is 2. The first-order chi connectivity index (χ1) is 12.8. The SMILES string of the molecule is CNC(=O)C(=O)NC[C@H](c1ccc(OC)c(OC)c1)S(=O)(=O)c1cccs1. The summed E-state index contributed by atoms with van der Waals surface area (Å²) in [5.41, 5.74) is 0.401. The summed E-state index contributed by atoms with van der Waals surface area (Å²) in [5, 5.41) is 5.11. The standard InChI is InChI=1S/C17H20N2O6S2/c1-18-16(20)17(21)19-10-14(27(22,23)15-5-4-8-26-15)11-6-7-12(24-2)13(9-11)25-3/h4-9,14H,10H2,1-3H3,(H,18,20)(H,19,21)/t14-/m1/s1. The third-order valence-corrected chi connectivity index (χ3v) is 7.34. The fourth-order valence-electron chi connectivity index (χ4n) is 2.40. The largest absolute Gasteiger partial charge is 0.493 e. The fraction of sp³-hybridized carbons (Fsp3) is 0.294. The number of amides is 2. The molecule has 0 aliphatic heterocycles. The topological polar surface area (TPSA) is 111 Å². The van der Waals surface area contributed by atoms with Crippen LogP contribution in [0.2, 0.25) is 0 Å². The summed E-state index contributed by atoms with van der Waals surface area (Å²) in [6.07, 6.45) is 0. The van der Waals surface area contributed by atoms with Gasteiger partial charge in [-0.2, -0.15) is 0 Å². The maximum Gasteiger partial charge on any atom is 0.309 e. The minimum absolute atomic E-state index is 0.163. The van der Waals surface area contributed by atoms with Gasteiger partial charge in [0.25, 0.3) is 0 Å². The molecule has 1 aromatic heterocycles. The smallest absolute Gasteiger partial charge is 0.309 e. The molecule has 2 aromatic rings. The van der Waals surface area contributed by atoms with Crippen molar-refractivity contribution in [1.29, 1.82) is 0 Å². The molecule has 2 amide bonds. The van der Waals surface area contributed by atoms with E-state index in [0.29, 0.717) is 17.1 Å². The van der Waals surface area contributed by atoms with Crippen LogP contribution >= 0.6 is 11.3 Å². The zero-order chi connectivity index (χ0) is 20.0. The van der Waals surface area contributed by atoms with Crippen molar-refractivity contribution in [1.82, 2.24) is 10.6 Å². The van der Waals surface area contributed by atoms with Crippen LogP contribution in [0.4, 0.5) is 0 Å². The highest BCUT2D eigenvalue weighted by Crippen LogP contribution is 2.36. The Morgan fingerprint density at radius 3 is 2.37 bits per heavy atom. The molecule has 2 rings (SSSR count). The molecule has 1 heterocycles. The molecule has 0 bridgehead atoms. The van der Waals surface area contributed by atoms with E-state index in [1.807, 2.05) is 0 Å². The van der Waals surface area contributed by atoms with Gasteiger partial charge in [0.15, 0.2) is 21.3 Å². The highest BCUT2D eigenvalue weighted by Gasteiger charge is 2.31. The van der Waals surface area contributed by atoms with Gasteiger partial charge in [-0.05, 0) is 29.1 Å². The Labute approximate surface area is 161 Å². The Morgan fingerprint density at radius 1 is 1.11 bits per heavy atom. The number of methoxy groups -OCH3 is 2. The van der Waals surface area contributed by atoms with E-state index in [-0.39, 0.29) is 10.8 Å². The van der Waals surface area contributed by atoms with Crippen molar-refractivity contribution < 1.29 is 27.5 Å². The minimum atomic E-state index is -3.81. The lowest BCUT2D eigenvalue weighted by Gasteiger charge is -2.19. The summed E-state index contributed by atoms with van der Waals surface area (Å²) in [4.78, 5) is 23.2. The second-order valence-corrected chi connectivity index (χ2v) is 8.67. The molecule has 0 saturated heterocycles. The van der Waals surface area contributed by atoms with Gasteiger partial charge in [-0.25, -0.2) is 8.42 Å². The van der Waals surface area contributed by atoms with Crippen LogP contribution in [0.5, 0.6) is 11.5 Å². The number of carbonyl (C=O) groups excluding carboxylic acids is 2. The Hall–Kier alpha value is -2.59. The first-order valence-electron chi connectivity index (χ1n) is 7.84. The van der Waals surface area contributed by atoms with E-state index in [9.17, 15) is 18.0 Å². The van der Waals surface area contributed by atoms with Crippen molar-refractivity contribution in [3.8, 4) is 11.5 Å². The van der Waals surface area contributed by atoms with Crippen molar-refractivity contribution in [3.63, 3.8) is 0 Å². The number of thiophene rings is 1. The summed E-state index contributed by atoms with van der Waals surface area (Å²) in [6.45, 7) is -0.276. The molecule has 0 unspecified atom stereocenters. The molecule has 0 spiro atoms. The highest BCUT2D eigenvalue weighted by atomic mass is 32.2. The maximum atomic E-state index is 13.1. The van der Waals surface area contributed by atoms with Crippen LogP contribution in [0.3, 0.4) is 0 Å². The van der Waals surface area contributed by atoms with Crippen LogP contribution in [-0.4, -0.2) is 48.0 Å². The molecule has 146 valence electrons. The predicted molar refractivity (Wildman–Crippen MR) is 101 cm³/mol. The Balaban J connectivity index is 2.44. The molecule has 0 aliphatic carbocycles. The van der Waals surface area contributed by atoms with Crippen molar-refractivity contribution in [2.75, 3.05) is 27.8 Å². The molecular formula is C17H20N2O6S2. The minimum Gasteiger partial charge on any atom is -0.493 e. The van der Waals surface area contributed by atoms with Crippen LogP contribution in [0.15, 0.2) is 39.9 Å². The molecular weight excluding hydrogens is 392 g/mol. The second kappa shape index (κ2) is 8.87. The number of likely N-dealkylation sites (N-methyl/N-ethyl adjacent to an activating group) is 1.